The number of phenolic OH excluding ortho intramolecular Hbond substituents is 1. The molecule has 1 aromatic heterocycles. The zero-order valence-electron chi connectivity index (χ0n) is 12.5. The first-order chi connectivity index (χ1) is 11.2. The first-order valence-corrected chi connectivity index (χ1v) is 7.97. The van der Waals surface area contributed by atoms with Gasteiger partial charge in [-0.05, 0) is 35.9 Å². The standard InChI is InChI=1S/C17H14N4OS/c1-21-16(12-6-8-15(22)9-7-12)19-20-17(21)23-11-14-5-3-2-4-13(14)10-18/h2-9,22H,11H2,1H3. The summed E-state index contributed by atoms with van der Waals surface area (Å²) in [6.07, 6.45) is 0. The summed E-state index contributed by atoms with van der Waals surface area (Å²) >= 11 is 1.54. The molecule has 1 heterocycles. The fraction of sp³-hybridized carbons (Fsp3) is 0.118. The number of nitriles is 1. The molecule has 6 heteroatoms. The van der Waals surface area contributed by atoms with Gasteiger partial charge in [0.05, 0.1) is 11.6 Å². The van der Waals surface area contributed by atoms with Crippen LogP contribution in [0.3, 0.4) is 0 Å². The highest BCUT2D eigenvalue weighted by atomic mass is 32.2. The smallest absolute Gasteiger partial charge is 0.191 e. The van der Waals surface area contributed by atoms with E-state index < -0.39 is 0 Å². The molecular formula is C17H14N4OS. The van der Waals surface area contributed by atoms with E-state index in [0.717, 1.165) is 22.1 Å². The highest BCUT2D eigenvalue weighted by molar-refractivity contribution is 7.98. The van der Waals surface area contributed by atoms with Gasteiger partial charge in [0.2, 0.25) is 0 Å². The van der Waals surface area contributed by atoms with Gasteiger partial charge in [-0.1, -0.05) is 30.0 Å². The average Bonchev–Trinajstić information content (AvgIpc) is 2.95. The first kappa shape index (κ1) is 15.1. The molecule has 114 valence electrons. The van der Waals surface area contributed by atoms with E-state index in [9.17, 15) is 5.11 Å². The number of aromatic hydroxyl groups is 1. The predicted molar refractivity (Wildman–Crippen MR) is 88.8 cm³/mol. The topological polar surface area (TPSA) is 74.7 Å². The Morgan fingerprint density at radius 2 is 1.87 bits per heavy atom. The van der Waals surface area contributed by atoms with Gasteiger partial charge >= 0.3 is 0 Å². The Labute approximate surface area is 138 Å². The SMILES string of the molecule is Cn1c(SCc2ccccc2C#N)nnc1-c1ccc(O)cc1. The quantitative estimate of drug-likeness (QED) is 0.746. The fourth-order valence-corrected chi connectivity index (χ4v) is 3.12. The molecule has 0 spiro atoms. The molecule has 0 aliphatic carbocycles. The van der Waals surface area contributed by atoms with Crippen molar-refractivity contribution < 1.29 is 5.11 Å². The summed E-state index contributed by atoms with van der Waals surface area (Å²) in [7, 11) is 1.90. The summed E-state index contributed by atoms with van der Waals surface area (Å²) in [6.45, 7) is 0. The van der Waals surface area contributed by atoms with Crippen molar-refractivity contribution in [1.82, 2.24) is 14.8 Å². The molecule has 0 unspecified atom stereocenters. The summed E-state index contributed by atoms with van der Waals surface area (Å²) in [4.78, 5) is 0. The molecule has 0 saturated heterocycles. The van der Waals surface area contributed by atoms with Crippen molar-refractivity contribution in [3.63, 3.8) is 0 Å². The third-order valence-corrected chi connectivity index (χ3v) is 4.52. The third kappa shape index (κ3) is 3.20. The van der Waals surface area contributed by atoms with Crippen molar-refractivity contribution in [2.75, 3.05) is 0 Å². The Balaban J connectivity index is 1.80. The number of phenols is 1. The second-order valence-corrected chi connectivity index (χ2v) is 5.91. The molecular weight excluding hydrogens is 308 g/mol. The van der Waals surface area contributed by atoms with Crippen LogP contribution in [0.4, 0.5) is 0 Å². The second kappa shape index (κ2) is 6.55. The van der Waals surface area contributed by atoms with E-state index in [0.29, 0.717) is 11.3 Å². The Morgan fingerprint density at radius 1 is 1.13 bits per heavy atom. The van der Waals surface area contributed by atoms with Gasteiger partial charge in [-0.3, -0.25) is 0 Å². The molecule has 23 heavy (non-hydrogen) atoms. The minimum Gasteiger partial charge on any atom is -0.508 e. The molecule has 0 atom stereocenters. The van der Waals surface area contributed by atoms with Crippen LogP contribution < -0.4 is 0 Å². The van der Waals surface area contributed by atoms with E-state index in [2.05, 4.69) is 16.3 Å². The molecule has 1 N–H and O–H groups in total. The van der Waals surface area contributed by atoms with Crippen LogP contribution in [0.15, 0.2) is 53.7 Å². The summed E-state index contributed by atoms with van der Waals surface area (Å²) in [5.74, 6) is 1.62. The molecule has 2 aromatic carbocycles. The summed E-state index contributed by atoms with van der Waals surface area (Å²) in [5.41, 5.74) is 2.55. The third-order valence-electron chi connectivity index (χ3n) is 3.45. The van der Waals surface area contributed by atoms with Crippen LogP contribution in [0.2, 0.25) is 0 Å². The highest BCUT2D eigenvalue weighted by Gasteiger charge is 2.12. The van der Waals surface area contributed by atoms with Crippen LogP contribution in [0.5, 0.6) is 5.75 Å². The molecule has 3 rings (SSSR count). The van der Waals surface area contributed by atoms with Crippen LogP contribution in [0.1, 0.15) is 11.1 Å². The van der Waals surface area contributed by atoms with E-state index in [1.807, 2.05) is 35.9 Å². The lowest BCUT2D eigenvalue weighted by molar-refractivity contribution is 0.475. The van der Waals surface area contributed by atoms with Crippen LogP contribution in [-0.4, -0.2) is 19.9 Å². The number of hydrogen-bond donors (Lipinski definition) is 1. The monoisotopic (exact) mass is 322 g/mol. The van der Waals surface area contributed by atoms with Crippen LogP contribution >= 0.6 is 11.8 Å². The van der Waals surface area contributed by atoms with E-state index >= 15 is 0 Å². The van der Waals surface area contributed by atoms with E-state index in [-0.39, 0.29) is 5.75 Å². The van der Waals surface area contributed by atoms with Crippen molar-refractivity contribution in [1.29, 1.82) is 5.26 Å². The van der Waals surface area contributed by atoms with Gasteiger partial charge < -0.3 is 9.67 Å². The summed E-state index contributed by atoms with van der Waals surface area (Å²) in [6, 6.07) is 16.6. The van der Waals surface area contributed by atoms with E-state index in [1.54, 1.807) is 24.3 Å². The number of aromatic nitrogens is 3. The zero-order chi connectivity index (χ0) is 16.2. The zero-order valence-corrected chi connectivity index (χ0v) is 13.3. The lowest BCUT2D eigenvalue weighted by Crippen LogP contribution is -1.95. The number of thioether (sulfide) groups is 1. The summed E-state index contributed by atoms with van der Waals surface area (Å²) < 4.78 is 1.91. The van der Waals surface area contributed by atoms with Gasteiger partial charge in [0.25, 0.3) is 0 Å². The minimum atomic E-state index is 0.221. The van der Waals surface area contributed by atoms with Gasteiger partial charge in [0.15, 0.2) is 11.0 Å². The van der Waals surface area contributed by atoms with Gasteiger partial charge in [-0.25, -0.2) is 0 Å². The van der Waals surface area contributed by atoms with Gasteiger partial charge in [0, 0.05) is 18.4 Å². The molecule has 3 aromatic rings. The summed E-state index contributed by atoms with van der Waals surface area (Å²) in [5, 5.41) is 27.7. The van der Waals surface area contributed by atoms with Gasteiger partial charge in [-0.2, -0.15) is 5.26 Å². The number of benzene rings is 2. The van der Waals surface area contributed by atoms with Crippen molar-refractivity contribution >= 4 is 11.8 Å². The van der Waals surface area contributed by atoms with Crippen molar-refractivity contribution in [2.45, 2.75) is 10.9 Å². The van der Waals surface area contributed by atoms with Crippen molar-refractivity contribution in [2.24, 2.45) is 7.05 Å². The molecule has 0 radical (unpaired) electrons. The molecule has 0 aliphatic rings. The van der Waals surface area contributed by atoms with E-state index in [4.69, 9.17) is 5.26 Å². The molecule has 0 fully saturated rings. The predicted octanol–water partition coefficient (Wildman–Crippen LogP) is 3.35. The Morgan fingerprint density at radius 3 is 2.61 bits per heavy atom. The number of hydrogen-bond acceptors (Lipinski definition) is 5. The molecule has 0 bridgehead atoms. The van der Waals surface area contributed by atoms with Crippen LogP contribution in [0, 0.1) is 11.3 Å². The molecule has 0 amide bonds. The number of rotatable bonds is 4. The van der Waals surface area contributed by atoms with Crippen LogP contribution in [0.25, 0.3) is 11.4 Å². The lowest BCUT2D eigenvalue weighted by atomic mass is 10.1. The van der Waals surface area contributed by atoms with E-state index in [1.165, 1.54) is 11.8 Å². The van der Waals surface area contributed by atoms with Crippen LogP contribution in [-0.2, 0) is 12.8 Å². The average molecular weight is 322 g/mol. The molecule has 0 saturated carbocycles. The first-order valence-electron chi connectivity index (χ1n) is 6.98. The second-order valence-electron chi connectivity index (χ2n) is 4.97. The lowest BCUT2D eigenvalue weighted by Gasteiger charge is -2.05. The highest BCUT2D eigenvalue weighted by Crippen LogP contribution is 2.26. The maximum atomic E-state index is 9.36. The maximum Gasteiger partial charge on any atom is 0.191 e. The fourth-order valence-electron chi connectivity index (χ4n) is 2.20. The number of nitrogens with zero attached hydrogens (tertiary/aromatic N) is 4. The largest absolute Gasteiger partial charge is 0.508 e. The Hall–Kier alpha value is -2.78. The molecule has 0 aliphatic heterocycles. The normalized spacial score (nSPS) is 10.4. The van der Waals surface area contributed by atoms with Crippen molar-refractivity contribution in [3.05, 3.63) is 59.7 Å². The van der Waals surface area contributed by atoms with Gasteiger partial charge in [0.1, 0.15) is 5.75 Å². The maximum absolute atomic E-state index is 9.36. The van der Waals surface area contributed by atoms with Crippen molar-refractivity contribution in [3.8, 4) is 23.2 Å². The molecule has 5 nitrogen and oxygen atoms in total. The minimum absolute atomic E-state index is 0.221. The Bertz CT molecular complexity index is 865. The van der Waals surface area contributed by atoms with Gasteiger partial charge in [-0.15, -0.1) is 10.2 Å². The Kier molecular flexibility index (Phi) is 4.31.